The minimum absolute atomic E-state index is 0.256. The summed E-state index contributed by atoms with van der Waals surface area (Å²) in [6.45, 7) is 0.687. The average Bonchev–Trinajstić information content (AvgIpc) is 2.78. The van der Waals surface area contributed by atoms with Gasteiger partial charge in [0.15, 0.2) is 5.13 Å². The first-order valence-electron chi connectivity index (χ1n) is 5.21. The first-order valence-corrected chi connectivity index (χ1v) is 6.82. The topological polar surface area (TPSA) is 53.4 Å². The van der Waals surface area contributed by atoms with E-state index in [9.17, 15) is 4.79 Å². The Morgan fingerprint density at radius 2 is 2.33 bits per heavy atom. The van der Waals surface area contributed by atoms with Crippen molar-refractivity contribution < 1.29 is 9.90 Å². The standard InChI is InChI=1S/C12H11BrN2O2S/c1-15(7-8-3-2-4-9(13)5-8)12-14-6-10(18-12)11(16)17/h2-6H,7H2,1H3,(H,16,17). The van der Waals surface area contributed by atoms with Crippen LogP contribution in [0.2, 0.25) is 0 Å². The van der Waals surface area contributed by atoms with Crippen molar-refractivity contribution in [1.29, 1.82) is 0 Å². The van der Waals surface area contributed by atoms with E-state index in [2.05, 4.69) is 20.9 Å². The molecule has 0 atom stereocenters. The van der Waals surface area contributed by atoms with E-state index in [1.54, 1.807) is 0 Å². The van der Waals surface area contributed by atoms with Gasteiger partial charge in [-0.05, 0) is 17.7 Å². The molecule has 0 radical (unpaired) electrons. The first-order chi connectivity index (χ1) is 8.56. The van der Waals surface area contributed by atoms with Crippen LogP contribution in [-0.4, -0.2) is 23.1 Å². The van der Waals surface area contributed by atoms with Gasteiger partial charge < -0.3 is 10.0 Å². The van der Waals surface area contributed by atoms with Crippen LogP contribution in [0, 0.1) is 0 Å². The number of rotatable bonds is 4. The third-order valence-electron chi connectivity index (χ3n) is 2.34. The Hall–Kier alpha value is -1.40. The number of carbonyl (C=O) groups is 1. The summed E-state index contributed by atoms with van der Waals surface area (Å²) in [6.07, 6.45) is 1.39. The highest BCUT2D eigenvalue weighted by Gasteiger charge is 2.11. The zero-order chi connectivity index (χ0) is 13.1. The van der Waals surface area contributed by atoms with Crippen LogP contribution in [-0.2, 0) is 6.54 Å². The summed E-state index contributed by atoms with van der Waals surface area (Å²) in [5.41, 5.74) is 1.14. The van der Waals surface area contributed by atoms with Crippen molar-refractivity contribution in [3.63, 3.8) is 0 Å². The van der Waals surface area contributed by atoms with Crippen LogP contribution in [0.3, 0.4) is 0 Å². The van der Waals surface area contributed by atoms with Crippen molar-refractivity contribution in [2.45, 2.75) is 6.54 Å². The lowest BCUT2D eigenvalue weighted by atomic mass is 10.2. The molecule has 0 bridgehead atoms. The fourth-order valence-corrected chi connectivity index (χ4v) is 2.68. The van der Waals surface area contributed by atoms with E-state index in [-0.39, 0.29) is 4.88 Å². The molecule has 18 heavy (non-hydrogen) atoms. The molecule has 1 aromatic heterocycles. The highest BCUT2D eigenvalue weighted by atomic mass is 79.9. The largest absolute Gasteiger partial charge is 0.477 e. The van der Waals surface area contributed by atoms with Gasteiger partial charge >= 0.3 is 5.97 Å². The van der Waals surface area contributed by atoms with Crippen LogP contribution in [0.15, 0.2) is 34.9 Å². The van der Waals surface area contributed by atoms with Crippen LogP contribution in [0.5, 0.6) is 0 Å². The Balaban J connectivity index is 2.11. The number of carboxylic acid groups (broad SMARTS) is 1. The molecule has 2 aromatic rings. The van der Waals surface area contributed by atoms with Crippen LogP contribution in [0.4, 0.5) is 5.13 Å². The maximum absolute atomic E-state index is 10.8. The average molecular weight is 327 g/mol. The Morgan fingerprint density at radius 1 is 1.56 bits per heavy atom. The zero-order valence-electron chi connectivity index (χ0n) is 9.63. The molecule has 1 N–H and O–H groups in total. The van der Waals surface area contributed by atoms with Gasteiger partial charge in [-0.1, -0.05) is 39.4 Å². The second-order valence-corrected chi connectivity index (χ2v) is 5.72. The predicted octanol–water partition coefficient (Wildman–Crippen LogP) is 3.24. The van der Waals surface area contributed by atoms with Crippen LogP contribution in [0.25, 0.3) is 0 Å². The molecular formula is C12H11BrN2O2S. The summed E-state index contributed by atoms with van der Waals surface area (Å²) in [7, 11) is 1.89. The third kappa shape index (κ3) is 3.08. The molecule has 0 unspecified atom stereocenters. The Labute approximate surface area is 117 Å². The van der Waals surface area contributed by atoms with Gasteiger partial charge in [-0.15, -0.1) is 0 Å². The molecule has 4 nitrogen and oxygen atoms in total. The number of hydrogen-bond acceptors (Lipinski definition) is 4. The molecule has 0 aliphatic carbocycles. The third-order valence-corrected chi connectivity index (χ3v) is 3.93. The van der Waals surface area contributed by atoms with Crippen molar-refractivity contribution in [2.24, 2.45) is 0 Å². The molecule has 1 aromatic carbocycles. The van der Waals surface area contributed by atoms with Gasteiger partial charge in [-0.3, -0.25) is 0 Å². The molecule has 0 aliphatic rings. The summed E-state index contributed by atoms with van der Waals surface area (Å²) >= 11 is 4.60. The van der Waals surface area contributed by atoms with E-state index >= 15 is 0 Å². The quantitative estimate of drug-likeness (QED) is 0.937. The monoisotopic (exact) mass is 326 g/mol. The number of nitrogens with zero attached hydrogens (tertiary/aromatic N) is 2. The van der Waals surface area contributed by atoms with Gasteiger partial charge in [0, 0.05) is 18.1 Å². The van der Waals surface area contributed by atoms with Gasteiger partial charge in [-0.25, -0.2) is 9.78 Å². The molecule has 0 amide bonds. The Kier molecular flexibility index (Phi) is 3.98. The number of carboxylic acids is 1. The first kappa shape index (κ1) is 13.0. The molecule has 0 fully saturated rings. The van der Waals surface area contributed by atoms with E-state index in [0.29, 0.717) is 11.7 Å². The van der Waals surface area contributed by atoms with Gasteiger partial charge in [-0.2, -0.15) is 0 Å². The fourth-order valence-electron chi connectivity index (χ4n) is 1.52. The molecule has 6 heteroatoms. The molecule has 2 rings (SSSR count). The predicted molar refractivity (Wildman–Crippen MR) is 75.3 cm³/mol. The minimum Gasteiger partial charge on any atom is -0.477 e. The van der Waals surface area contributed by atoms with E-state index in [4.69, 9.17) is 5.11 Å². The van der Waals surface area contributed by atoms with Crippen molar-refractivity contribution >= 4 is 38.4 Å². The second-order valence-electron chi connectivity index (χ2n) is 3.80. The van der Waals surface area contributed by atoms with Crippen LogP contribution in [0.1, 0.15) is 15.2 Å². The second kappa shape index (κ2) is 5.49. The van der Waals surface area contributed by atoms with Gasteiger partial charge in [0.25, 0.3) is 0 Å². The SMILES string of the molecule is CN(Cc1cccc(Br)c1)c1ncc(C(=O)O)s1. The lowest BCUT2D eigenvalue weighted by Gasteiger charge is -2.15. The molecule has 94 valence electrons. The number of aromatic carboxylic acids is 1. The van der Waals surface area contributed by atoms with Crippen molar-refractivity contribution in [3.8, 4) is 0 Å². The van der Waals surface area contributed by atoms with Crippen molar-refractivity contribution in [3.05, 3.63) is 45.4 Å². The number of hydrogen-bond donors (Lipinski definition) is 1. The van der Waals surface area contributed by atoms with Gasteiger partial charge in [0.05, 0.1) is 6.20 Å². The summed E-state index contributed by atoms with van der Waals surface area (Å²) in [4.78, 5) is 17.1. The lowest BCUT2D eigenvalue weighted by Crippen LogP contribution is -2.15. The maximum Gasteiger partial charge on any atom is 0.347 e. The minimum atomic E-state index is -0.936. The molecular weight excluding hydrogens is 316 g/mol. The number of halogens is 1. The van der Waals surface area contributed by atoms with Gasteiger partial charge in [0.1, 0.15) is 4.88 Å². The molecule has 0 aliphatic heterocycles. The molecule has 0 saturated heterocycles. The molecule has 0 spiro atoms. The number of aromatic nitrogens is 1. The van der Waals surface area contributed by atoms with Crippen LogP contribution < -0.4 is 4.90 Å². The summed E-state index contributed by atoms with van der Waals surface area (Å²) in [6, 6.07) is 7.99. The van der Waals surface area contributed by atoms with E-state index in [0.717, 1.165) is 10.0 Å². The molecule has 0 saturated carbocycles. The van der Waals surface area contributed by atoms with Crippen LogP contribution >= 0.6 is 27.3 Å². The summed E-state index contributed by atoms with van der Waals surface area (Å²) in [5, 5.41) is 9.55. The normalized spacial score (nSPS) is 10.3. The highest BCUT2D eigenvalue weighted by molar-refractivity contribution is 9.10. The van der Waals surface area contributed by atoms with Gasteiger partial charge in [0.2, 0.25) is 0 Å². The van der Waals surface area contributed by atoms with E-state index in [1.165, 1.54) is 17.5 Å². The Morgan fingerprint density at radius 3 is 2.94 bits per heavy atom. The lowest BCUT2D eigenvalue weighted by molar-refractivity contribution is 0.0702. The van der Waals surface area contributed by atoms with E-state index in [1.807, 2.05) is 36.2 Å². The highest BCUT2D eigenvalue weighted by Crippen LogP contribution is 2.23. The van der Waals surface area contributed by atoms with Crippen molar-refractivity contribution in [2.75, 3.05) is 11.9 Å². The number of benzene rings is 1. The summed E-state index contributed by atoms with van der Waals surface area (Å²) in [5.74, 6) is -0.936. The number of anilines is 1. The summed E-state index contributed by atoms with van der Waals surface area (Å²) < 4.78 is 1.03. The Bertz CT molecular complexity index is 571. The maximum atomic E-state index is 10.8. The van der Waals surface area contributed by atoms with Crippen molar-refractivity contribution in [1.82, 2.24) is 4.98 Å². The molecule has 1 heterocycles. The smallest absolute Gasteiger partial charge is 0.347 e. The number of thiazole rings is 1. The fraction of sp³-hybridized carbons (Fsp3) is 0.167. The zero-order valence-corrected chi connectivity index (χ0v) is 12.0. The van der Waals surface area contributed by atoms with E-state index < -0.39 is 5.97 Å².